The zero-order valence-corrected chi connectivity index (χ0v) is 19.3. The summed E-state index contributed by atoms with van der Waals surface area (Å²) in [6, 6.07) is 9.92. The molecular weight excluding hydrogens is 489 g/mol. The first-order chi connectivity index (χ1) is 16.6. The van der Waals surface area contributed by atoms with Gasteiger partial charge in [0.1, 0.15) is 12.6 Å². The standard InChI is InChI=1S/C20H22N3O11P/c1-32-18(24)17(21-20(26)33-12-13-5-3-2-4-6-13)7-8-34-35(31)19(25)14-9-15(22(27)28)11-16(10-14)23(29)30/h2-6,9-11,17,19,25,35H,7-8,12H2,1H3,(H,21,26)/t17-,19?/m0/s1. The number of esters is 1. The number of rotatable bonds is 12. The Balaban J connectivity index is 1.96. The predicted molar refractivity (Wildman–Crippen MR) is 120 cm³/mol. The Morgan fingerprint density at radius 2 is 1.69 bits per heavy atom. The third kappa shape index (κ3) is 8.45. The first-order valence-corrected chi connectivity index (χ1v) is 11.3. The molecule has 2 aromatic rings. The Bertz CT molecular complexity index is 1060. The van der Waals surface area contributed by atoms with Crippen LogP contribution in [0.3, 0.4) is 0 Å². The van der Waals surface area contributed by atoms with Crippen LogP contribution >= 0.6 is 8.03 Å². The van der Waals surface area contributed by atoms with E-state index < -0.39 is 59.8 Å². The Kier molecular flexibility index (Phi) is 10.3. The van der Waals surface area contributed by atoms with E-state index in [0.717, 1.165) is 24.8 Å². The van der Waals surface area contributed by atoms with E-state index in [1.165, 1.54) is 0 Å². The summed E-state index contributed by atoms with van der Waals surface area (Å²) in [7, 11) is -2.25. The number of nitro benzene ring substituents is 2. The van der Waals surface area contributed by atoms with Crippen molar-refractivity contribution in [1.29, 1.82) is 0 Å². The second kappa shape index (κ2) is 13.1. The van der Waals surface area contributed by atoms with Crippen molar-refractivity contribution in [3.8, 4) is 0 Å². The molecule has 0 fully saturated rings. The van der Waals surface area contributed by atoms with Crippen LogP contribution in [0.2, 0.25) is 0 Å². The Hall–Kier alpha value is -3.87. The summed E-state index contributed by atoms with van der Waals surface area (Å²) < 4.78 is 27.0. The smallest absolute Gasteiger partial charge is 0.408 e. The average molecular weight is 511 g/mol. The van der Waals surface area contributed by atoms with E-state index in [4.69, 9.17) is 9.26 Å². The fraction of sp³-hybridized carbons (Fsp3) is 0.300. The Labute approximate surface area is 199 Å². The highest BCUT2D eigenvalue weighted by atomic mass is 31.1. The van der Waals surface area contributed by atoms with Crippen LogP contribution < -0.4 is 5.32 Å². The van der Waals surface area contributed by atoms with Crippen LogP contribution in [0.5, 0.6) is 0 Å². The van der Waals surface area contributed by atoms with Crippen LogP contribution in [0, 0.1) is 20.2 Å². The number of hydrogen-bond acceptors (Lipinski definition) is 11. The number of nitrogens with one attached hydrogen (secondary N) is 1. The first kappa shape index (κ1) is 27.4. The molecule has 0 radical (unpaired) electrons. The molecule has 2 N–H and O–H groups in total. The molecule has 188 valence electrons. The summed E-state index contributed by atoms with van der Waals surface area (Å²) in [5.41, 5.74) is -0.976. The maximum Gasteiger partial charge on any atom is 0.408 e. The number of hydrogen-bond donors (Lipinski definition) is 2. The van der Waals surface area contributed by atoms with Gasteiger partial charge < -0.3 is 24.4 Å². The highest BCUT2D eigenvalue weighted by Crippen LogP contribution is 2.42. The summed E-state index contributed by atoms with van der Waals surface area (Å²) >= 11 is 0. The van der Waals surface area contributed by atoms with Crippen molar-refractivity contribution >= 4 is 31.5 Å². The lowest BCUT2D eigenvalue weighted by Crippen LogP contribution is -2.42. The Morgan fingerprint density at radius 1 is 1.09 bits per heavy atom. The minimum Gasteiger partial charge on any atom is -0.467 e. The average Bonchev–Trinajstić information content (AvgIpc) is 2.86. The van der Waals surface area contributed by atoms with Gasteiger partial charge >= 0.3 is 12.1 Å². The molecule has 14 nitrogen and oxygen atoms in total. The molecule has 2 rings (SSSR count). The number of nitro groups is 2. The molecule has 35 heavy (non-hydrogen) atoms. The van der Waals surface area contributed by atoms with Crippen LogP contribution in [0.1, 0.15) is 23.4 Å². The summed E-state index contributed by atoms with van der Waals surface area (Å²) in [6.45, 7) is -0.448. The van der Waals surface area contributed by atoms with Gasteiger partial charge in [0.25, 0.3) is 11.4 Å². The van der Waals surface area contributed by atoms with Crippen LogP contribution in [0.25, 0.3) is 0 Å². The monoisotopic (exact) mass is 511 g/mol. The number of ether oxygens (including phenoxy) is 2. The molecule has 0 bridgehead atoms. The fourth-order valence-corrected chi connectivity index (χ4v) is 3.69. The minimum absolute atomic E-state index is 0.0493. The van der Waals surface area contributed by atoms with E-state index in [-0.39, 0.29) is 18.6 Å². The van der Waals surface area contributed by atoms with Gasteiger partial charge in [0.05, 0.1) is 29.6 Å². The molecule has 0 aliphatic carbocycles. The van der Waals surface area contributed by atoms with Gasteiger partial charge in [-0.15, -0.1) is 0 Å². The largest absolute Gasteiger partial charge is 0.467 e. The van der Waals surface area contributed by atoms with E-state index in [2.05, 4.69) is 10.1 Å². The lowest BCUT2D eigenvalue weighted by atomic mass is 10.2. The summed E-state index contributed by atoms with van der Waals surface area (Å²) in [5.74, 6) is -2.72. The van der Waals surface area contributed by atoms with Gasteiger partial charge in [0.2, 0.25) is 8.03 Å². The van der Waals surface area contributed by atoms with Crippen molar-refractivity contribution in [2.75, 3.05) is 13.7 Å². The molecular formula is C20H22N3O11P. The zero-order chi connectivity index (χ0) is 26.0. The topological polar surface area (TPSA) is 197 Å². The molecule has 2 aromatic carbocycles. The normalized spacial score (nSPS) is 13.2. The van der Waals surface area contributed by atoms with Crippen LogP contribution in [-0.2, 0) is 30.0 Å². The van der Waals surface area contributed by atoms with Gasteiger partial charge in [-0.05, 0) is 5.56 Å². The maximum atomic E-state index is 12.4. The second-order valence-electron chi connectivity index (χ2n) is 6.94. The predicted octanol–water partition coefficient (Wildman–Crippen LogP) is 2.84. The molecule has 0 aliphatic heterocycles. The zero-order valence-electron chi connectivity index (χ0n) is 18.3. The van der Waals surface area contributed by atoms with Gasteiger partial charge in [-0.25, -0.2) is 9.59 Å². The van der Waals surface area contributed by atoms with Gasteiger partial charge in [-0.2, -0.15) is 0 Å². The lowest BCUT2D eigenvalue weighted by Gasteiger charge is -2.17. The van der Waals surface area contributed by atoms with Gasteiger partial charge in [-0.3, -0.25) is 24.8 Å². The molecule has 2 unspecified atom stereocenters. The third-order valence-electron chi connectivity index (χ3n) is 4.53. The van der Waals surface area contributed by atoms with Crippen LogP contribution in [0.4, 0.5) is 16.2 Å². The van der Waals surface area contributed by atoms with Gasteiger partial charge in [-0.1, -0.05) is 30.3 Å². The Morgan fingerprint density at radius 3 is 2.23 bits per heavy atom. The number of carbonyl (C=O) groups is 2. The summed E-state index contributed by atoms with van der Waals surface area (Å²) in [4.78, 5) is 44.2. The maximum absolute atomic E-state index is 12.4. The molecule has 0 spiro atoms. The molecule has 0 heterocycles. The highest BCUT2D eigenvalue weighted by molar-refractivity contribution is 7.39. The summed E-state index contributed by atoms with van der Waals surface area (Å²) in [6.07, 6.45) is -1.13. The second-order valence-corrected chi connectivity index (χ2v) is 8.41. The van der Waals surface area contributed by atoms with Crippen molar-refractivity contribution in [2.24, 2.45) is 0 Å². The lowest BCUT2D eigenvalue weighted by molar-refractivity contribution is -0.394. The van der Waals surface area contributed by atoms with E-state index in [0.29, 0.717) is 6.07 Å². The number of alkyl carbamates (subject to hydrolysis) is 1. The molecule has 15 heteroatoms. The van der Waals surface area contributed by atoms with Crippen LogP contribution in [0.15, 0.2) is 48.5 Å². The summed E-state index contributed by atoms with van der Waals surface area (Å²) in [5, 5.41) is 34.5. The number of benzene rings is 2. The number of nitrogens with zero attached hydrogens (tertiary/aromatic N) is 2. The van der Waals surface area contributed by atoms with E-state index in [1.807, 2.05) is 0 Å². The van der Waals surface area contributed by atoms with E-state index in [1.54, 1.807) is 30.3 Å². The molecule has 0 aromatic heterocycles. The number of aliphatic hydroxyl groups excluding tert-OH is 1. The highest BCUT2D eigenvalue weighted by Gasteiger charge is 2.26. The van der Waals surface area contributed by atoms with Crippen LogP contribution in [-0.4, -0.2) is 46.8 Å². The van der Waals surface area contributed by atoms with Gasteiger partial charge in [0, 0.05) is 24.1 Å². The minimum atomic E-state index is -3.34. The molecule has 3 atom stereocenters. The molecule has 0 aliphatic rings. The first-order valence-electron chi connectivity index (χ1n) is 9.96. The van der Waals surface area contributed by atoms with E-state index in [9.17, 15) is 39.5 Å². The van der Waals surface area contributed by atoms with Crippen molar-refractivity contribution in [3.63, 3.8) is 0 Å². The van der Waals surface area contributed by atoms with Crippen molar-refractivity contribution in [1.82, 2.24) is 5.32 Å². The fourth-order valence-electron chi connectivity index (χ4n) is 2.78. The number of non-ortho nitro benzene ring substituents is 2. The van der Waals surface area contributed by atoms with Crippen molar-refractivity contribution < 1.29 is 43.1 Å². The number of amides is 1. The van der Waals surface area contributed by atoms with Crippen molar-refractivity contribution in [2.45, 2.75) is 24.9 Å². The number of carbonyl (C=O) groups excluding carboxylic acids is 2. The molecule has 0 saturated carbocycles. The van der Waals surface area contributed by atoms with Crippen molar-refractivity contribution in [3.05, 3.63) is 79.9 Å². The number of methoxy groups -OCH3 is 1. The number of aliphatic hydroxyl groups is 1. The third-order valence-corrected chi connectivity index (χ3v) is 5.80. The molecule has 1 amide bonds. The molecule has 0 saturated heterocycles. The van der Waals surface area contributed by atoms with Gasteiger partial charge in [0.15, 0.2) is 5.85 Å². The van der Waals surface area contributed by atoms with E-state index >= 15 is 0 Å². The SMILES string of the molecule is COC(=O)[C@H](CCO[PH](=O)C(O)c1cc([N+](=O)[O-])cc([N+](=O)[O-])c1)NC(=O)OCc1ccccc1. The quantitative estimate of drug-likeness (QED) is 0.184.